The maximum atomic E-state index is 12.8. The van der Waals surface area contributed by atoms with E-state index in [1.54, 1.807) is 7.11 Å². The molecule has 0 bridgehead atoms. The number of hydrogen-bond acceptors (Lipinski definition) is 4. The summed E-state index contributed by atoms with van der Waals surface area (Å²) in [6.45, 7) is 6.78. The van der Waals surface area contributed by atoms with E-state index in [1.165, 1.54) is 0 Å². The predicted molar refractivity (Wildman–Crippen MR) is 98.2 cm³/mol. The van der Waals surface area contributed by atoms with Crippen LogP contribution in [0.2, 0.25) is 0 Å². The highest BCUT2D eigenvalue weighted by molar-refractivity contribution is 5.97. The molecule has 0 aliphatic carbocycles. The van der Waals surface area contributed by atoms with Gasteiger partial charge in [0.05, 0.1) is 12.2 Å². The minimum atomic E-state index is 0. The van der Waals surface area contributed by atoms with Crippen molar-refractivity contribution in [3.63, 3.8) is 0 Å². The summed E-state index contributed by atoms with van der Waals surface area (Å²) < 4.78 is 10.7. The van der Waals surface area contributed by atoms with Crippen molar-refractivity contribution >= 4 is 18.3 Å². The Morgan fingerprint density at radius 3 is 2.62 bits per heavy atom. The third-order valence-corrected chi connectivity index (χ3v) is 4.25. The summed E-state index contributed by atoms with van der Waals surface area (Å²) in [6.07, 6.45) is 2.12. The standard InChI is InChI=1S/C18H28N2O3.ClH/c1-3-19-14-15-8-10-20(11-9-15)18(21)16-6-4-5-7-17(16)23-13-12-22-2;/h4-7,15,19H,3,8-14H2,1-2H3;1H. The third kappa shape index (κ3) is 5.96. The first kappa shape index (κ1) is 20.7. The van der Waals surface area contributed by atoms with Crippen LogP contribution < -0.4 is 10.1 Å². The van der Waals surface area contributed by atoms with Crippen LogP contribution in [0.25, 0.3) is 0 Å². The van der Waals surface area contributed by atoms with Crippen LogP contribution >= 0.6 is 12.4 Å². The van der Waals surface area contributed by atoms with E-state index in [0.29, 0.717) is 30.4 Å². The third-order valence-electron chi connectivity index (χ3n) is 4.25. The van der Waals surface area contributed by atoms with Crippen molar-refractivity contribution in [3.05, 3.63) is 29.8 Å². The number of hydrogen-bond donors (Lipinski definition) is 1. The average molecular weight is 357 g/mol. The summed E-state index contributed by atoms with van der Waals surface area (Å²) in [5, 5.41) is 3.40. The van der Waals surface area contributed by atoms with Gasteiger partial charge in [-0.25, -0.2) is 0 Å². The highest BCUT2D eigenvalue weighted by Gasteiger charge is 2.25. The fourth-order valence-electron chi connectivity index (χ4n) is 2.86. The topological polar surface area (TPSA) is 50.8 Å². The van der Waals surface area contributed by atoms with Crippen LogP contribution in [0.15, 0.2) is 24.3 Å². The second kappa shape index (κ2) is 11.3. The van der Waals surface area contributed by atoms with Crippen LogP contribution in [0, 0.1) is 5.92 Å². The molecule has 136 valence electrons. The zero-order valence-corrected chi connectivity index (χ0v) is 15.4. The van der Waals surface area contributed by atoms with E-state index in [0.717, 1.165) is 39.0 Å². The molecular weight excluding hydrogens is 328 g/mol. The first-order chi connectivity index (χ1) is 11.3. The van der Waals surface area contributed by atoms with Crippen LogP contribution in [0.3, 0.4) is 0 Å². The number of rotatable bonds is 8. The molecule has 1 aromatic carbocycles. The zero-order chi connectivity index (χ0) is 16.5. The van der Waals surface area contributed by atoms with E-state index in [-0.39, 0.29) is 18.3 Å². The van der Waals surface area contributed by atoms with Gasteiger partial charge in [0.2, 0.25) is 0 Å². The van der Waals surface area contributed by atoms with Crippen molar-refractivity contribution in [1.29, 1.82) is 0 Å². The molecule has 1 aromatic rings. The van der Waals surface area contributed by atoms with Gasteiger partial charge >= 0.3 is 0 Å². The number of likely N-dealkylation sites (tertiary alicyclic amines) is 1. The highest BCUT2D eigenvalue weighted by atomic mass is 35.5. The number of carbonyl (C=O) groups is 1. The molecule has 6 heteroatoms. The lowest BCUT2D eigenvalue weighted by molar-refractivity contribution is 0.0683. The quantitative estimate of drug-likeness (QED) is 0.727. The van der Waals surface area contributed by atoms with Gasteiger partial charge < -0.3 is 19.7 Å². The van der Waals surface area contributed by atoms with E-state index in [2.05, 4.69) is 12.2 Å². The number of nitrogens with zero attached hydrogens (tertiary/aromatic N) is 1. The molecule has 1 fully saturated rings. The van der Waals surface area contributed by atoms with Gasteiger partial charge in [-0.1, -0.05) is 19.1 Å². The van der Waals surface area contributed by atoms with E-state index >= 15 is 0 Å². The lowest BCUT2D eigenvalue weighted by atomic mass is 9.96. The molecule has 1 aliphatic rings. The Bertz CT molecular complexity index is 491. The molecule has 0 unspecified atom stereocenters. The summed E-state index contributed by atoms with van der Waals surface area (Å²) >= 11 is 0. The first-order valence-corrected chi connectivity index (χ1v) is 8.47. The molecule has 24 heavy (non-hydrogen) atoms. The summed E-state index contributed by atoms with van der Waals surface area (Å²) in [7, 11) is 1.64. The van der Waals surface area contributed by atoms with Crippen LogP contribution in [0.1, 0.15) is 30.1 Å². The zero-order valence-electron chi connectivity index (χ0n) is 14.6. The number of carbonyl (C=O) groups excluding carboxylic acids is 1. The van der Waals surface area contributed by atoms with E-state index in [9.17, 15) is 4.79 Å². The lowest BCUT2D eigenvalue weighted by Gasteiger charge is -2.32. The molecule has 0 radical (unpaired) electrons. The normalized spacial score (nSPS) is 15.0. The van der Waals surface area contributed by atoms with Crippen molar-refractivity contribution < 1.29 is 14.3 Å². The lowest BCUT2D eigenvalue weighted by Crippen LogP contribution is -2.40. The Morgan fingerprint density at radius 2 is 1.96 bits per heavy atom. The summed E-state index contributed by atoms with van der Waals surface area (Å²) in [5.74, 6) is 1.39. The SMILES string of the molecule is CCNCC1CCN(C(=O)c2ccccc2OCCOC)CC1.Cl. The van der Waals surface area contributed by atoms with Crippen LogP contribution in [0.5, 0.6) is 5.75 Å². The van der Waals surface area contributed by atoms with Gasteiger partial charge in [-0.05, 0) is 44.0 Å². The number of ether oxygens (including phenoxy) is 2. The molecule has 0 spiro atoms. The van der Waals surface area contributed by atoms with E-state index in [1.807, 2.05) is 29.2 Å². The maximum absolute atomic E-state index is 12.8. The summed E-state index contributed by atoms with van der Waals surface area (Å²) in [6, 6.07) is 7.46. The maximum Gasteiger partial charge on any atom is 0.257 e. The molecule has 0 saturated carbocycles. The van der Waals surface area contributed by atoms with Crippen LogP contribution in [-0.2, 0) is 4.74 Å². The Labute approximate surface area is 151 Å². The van der Waals surface area contributed by atoms with Gasteiger partial charge in [0.25, 0.3) is 5.91 Å². The highest BCUT2D eigenvalue weighted by Crippen LogP contribution is 2.23. The molecule has 0 atom stereocenters. The summed E-state index contributed by atoms with van der Waals surface area (Å²) in [5.41, 5.74) is 0.647. The van der Waals surface area contributed by atoms with Gasteiger partial charge in [-0.15, -0.1) is 12.4 Å². The van der Waals surface area contributed by atoms with Crippen molar-refractivity contribution in [3.8, 4) is 5.75 Å². The number of para-hydroxylation sites is 1. The van der Waals surface area contributed by atoms with Crippen molar-refractivity contribution in [2.24, 2.45) is 5.92 Å². The van der Waals surface area contributed by atoms with Gasteiger partial charge in [0.1, 0.15) is 12.4 Å². The van der Waals surface area contributed by atoms with Crippen molar-refractivity contribution in [2.45, 2.75) is 19.8 Å². The largest absolute Gasteiger partial charge is 0.490 e. The monoisotopic (exact) mass is 356 g/mol. The van der Waals surface area contributed by atoms with Gasteiger partial charge in [-0.2, -0.15) is 0 Å². The van der Waals surface area contributed by atoms with E-state index < -0.39 is 0 Å². The Kier molecular flexibility index (Phi) is 9.76. The second-order valence-electron chi connectivity index (χ2n) is 5.88. The molecule has 1 N–H and O–H groups in total. The molecule has 5 nitrogen and oxygen atoms in total. The number of halogens is 1. The van der Waals surface area contributed by atoms with Crippen LogP contribution in [0.4, 0.5) is 0 Å². The van der Waals surface area contributed by atoms with E-state index in [4.69, 9.17) is 9.47 Å². The average Bonchev–Trinajstić information content (AvgIpc) is 2.60. The molecule has 1 saturated heterocycles. The molecule has 1 amide bonds. The predicted octanol–water partition coefficient (Wildman–Crippen LogP) is 2.60. The smallest absolute Gasteiger partial charge is 0.257 e. The van der Waals surface area contributed by atoms with Crippen LogP contribution in [-0.4, -0.2) is 57.3 Å². The number of benzene rings is 1. The molecule has 2 rings (SSSR count). The number of piperidine rings is 1. The fourth-order valence-corrected chi connectivity index (χ4v) is 2.86. The first-order valence-electron chi connectivity index (χ1n) is 8.47. The number of amides is 1. The second-order valence-corrected chi connectivity index (χ2v) is 5.88. The van der Waals surface area contributed by atoms with Crippen molar-refractivity contribution in [1.82, 2.24) is 10.2 Å². The Morgan fingerprint density at radius 1 is 1.25 bits per heavy atom. The minimum absolute atomic E-state index is 0. The number of methoxy groups -OCH3 is 1. The number of nitrogens with one attached hydrogen (secondary N) is 1. The molecule has 0 aromatic heterocycles. The molecular formula is C18H29ClN2O3. The molecule has 1 aliphatic heterocycles. The Balaban J connectivity index is 0.00000288. The molecule has 1 heterocycles. The fraction of sp³-hybridized carbons (Fsp3) is 0.611. The van der Waals surface area contributed by atoms with Gasteiger partial charge in [0.15, 0.2) is 0 Å². The Hall–Kier alpha value is -1.30. The van der Waals surface area contributed by atoms with Gasteiger partial charge in [0, 0.05) is 20.2 Å². The summed E-state index contributed by atoms with van der Waals surface area (Å²) in [4.78, 5) is 14.7. The minimum Gasteiger partial charge on any atom is -0.490 e. The van der Waals surface area contributed by atoms with Crippen molar-refractivity contribution in [2.75, 3.05) is 46.5 Å². The van der Waals surface area contributed by atoms with Gasteiger partial charge in [-0.3, -0.25) is 4.79 Å².